The predicted molar refractivity (Wildman–Crippen MR) is 81.8 cm³/mol. The van der Waals surface area contributed by atoms with E-state index < -0.39 is 5.97 Å². The first-order valence-corrected chi connectivity index (χ1v) is 6.67. The fourth-order valence-electron chi connectivity index (χ4n) is 2.51. The van der Waals surface area contributed by atoms with Crippen molar-refractivity contribution >= 4 is 16.7 Å². The van der Waals surface area contributed by atoms with Crippen molar-refractivity contribution in [2.24, 2.45) is 0 Å². The summed E-state index contributed by atoms with van der Waals surface area (Å²) in [4.78, 5) is 11.0. The second-order valence-electron chi connectivity index (χ2n) is 4.96. The van der Waals surface area contributed by atoms with Gasteiger partial charge in [0.15, 0.2) is 0 Å². The minimum atomic E-state index is -0.992. The van der Waals surface area contributed by atoms with Crippen LogP contribution in [0.25, 0.3) is 10.8 Å². The number of phenols is 1. The highest BCUT2D eigenvalue weighted by Gasteiger charge is 2.10. The van der Waals surface area contributed by atoms with Crippen LogP contribution in [-0.4, -0.2) is 16.2 Å². The summed E-state index contributed by atoms with van der Waals surface area (Å²) >= 11 is 0. The van der Waals surface area contributed by atoms with Crippen LogP contribution in [0.2, 0.25) is 0 Å². The Kier molecular flexibility index (Phi) is 3.32. The summed E-state index contributed by atoms with van der Waals surface area (Å²) < 4.78 is 0. The van der Waals surface area contributed by atoms with Gasteiger partial charge >= 0.3 is 5.97 Å². The summed E-state index contributed by atoms with van der Waals surface area (Å²) in [6.07, 6.45) is 0.494. The number of carbonyl (C=O) groups is 1. The normalized spacial score (nSPS) is 10.7. The van der Waals surface area contributed by atoms with Gasteiger partial charge in [0.2, 0.25) is 0 Å². The number of phenolic OH excluding ortho intramolecular Hbond substituents is 1. The lowest BCUT2D eigenvalue weighted by Gasteiger charge is -2.09. The fraction of sp³-hybridized carbons (Fsp3) is 0.0556. The molecular formula is C18H14O3. The first-order chi connectivity index (χ1) is 10.1. The first-order valence-electron chi connectivity index (χ1n) is 6.67. The molecule has 0 aliphatic heterocycles. The van der Waals surface area contributed by atoms with Crippen LogP contribution >= 0.6 is 0 Å². The summed E-state index contributed by atoms with van der Waals surface area (Å²) in [5.74, 6) is -0.873. The molecule has 0 aliphatic carbocycles. The fourth-order valence-corrected chi connectivity index (χ4v) is 2.51. The van der Waals surface area contributed by atoms with Gasteiger partial charge in [-0.15, -0.1) is 0 Å². The Balaban J connectivity index is 2.06. The van der Waals surface area contributed by atoms with Gasteiger partial charge in [0.05, 0.1) is 5.56 Å². The van der Waals surface area contributed by atoms with E-state index in [0.717, 1.165) is 16.3 Å². The average molecular weight is 278 g/mol. The third-order valence-corrected chi connectivity index (χ3v) is 3.59. The van der Waals surface area contributed by atoms with Gasteiger partial charge in [-0.3, -0.25) is 0 Å². The van der Waals surface area contributed by atoms with E-state index in [4.69, 9.17) is 5.11 Å². The molecule has 3 heteroatoms. The number of carboxylic acid groups (broad SMARTS) is 1. The molecule has 0 saturated heterocycles. The zero-order chi connectivity index (χ0) is 14.8. The number of carboxylic acids is 1. The Morgan fingerprint density at radius 2 is 1.67 bits per heavy atom. The lowest BCUT2D eigenvalue weighted by molar-refractivity contribution is 0.0697. The standard InChI is InChI=1S/C18H14O3/c19-17-9-8-14(18(20)21)11-15(17)10-13-6-3-5-12-4-1-2-7-16(12)13/h1-9,11,19H,10H2,(H,20,21). The van der Waals surface area contributed by atoms with Crippen molar-refractivity contribution in [2.45, 2.75) is 6.42 Å². The summed E-state index contributed by atoms with van der Waals surface area (Å²) in [6, 6.07) is 18.4. The van der Waals surface area contributed by atoms with Gasteiger partial charge < -0.3 is 10.2 Å². The van der Waals surface area contributed by atoms with Crippen molar-refractivity contribution in [1.82, 2.24) is 0 Å². The van der Waals surface area contributed by atoms with E-state index >= 15 is 0 Å². The number of hydrogen-bond donors (Lipinski definition) is 2. The van der Waals surface area contributed by atoms with Crippen LogP contribution in [0, 0.1) is 0 Å². The van der Waals surface area contributed by atoms with E-state index in [1.54, 1.807) is 0 Å². The lowest BCUT2D eigenvalue weighted by Crippen LogP contribution is -1.98. The molecule has 21 heavy (non-hydrogen) atoms. The maximum absolute atomic E-state index is 11.0. The van der Waals surface area contributed by atoms with Gasteiger partial charge in [-0.2, -0.15) is 0 Å². The monoisotopic (exact) mass is 278 g/mol. The molecule has 3 nitrogen and oxygen atoms in total. The highest BCUT2D eigenvalue weighted by atomic mass is 16.4. The lowest BCUT2D eigenvalue weighted by atomic mass is 9.97. The maximum atomic E-state index is 11.0. The molecule has 0 unspecified atom stereocenters. The number of benzene rings is 3. The van der Waals surface area contributed by atoms with Crippen LogP contribution in [-0.2, 0) is 6.42 Å². The van der Waals surface area contributed by atoms with Gasteiger partial charge in [0, 0.05) is 6.42 Å². The van der Waals surface area contributed by atoms with E-state index in [-0.39, 0.29) is 11.3 Å². The molecule has 0 radical (unpaired) electrons. The molecule has 0 bridgehead atoms. The van der Waals surface area contributed by atoms with E-state index in [9.17, 15) is 9.90 Å². The van der Waals surface area contributed by atoms with E-state index in [0.29, 0.717) is 12.0 Å². The zero-order valence-electron chi connectivity index (χ0n) is 11.3. The largest absolute Gasteiger partial charge is 0.508 e. The molecule has 2 N–H and O–H groups in total. The molecule has 0 heterocycles. The van der Waals surface area contributed by atoms with Gasteiger partial charge in [-0.05, 0) is 40.1 Å². The van der Waals surface area contributed by atoms with Gasteiger partial charge in [0.25, 0.3) is 0 Å². The number of rotatable bonds is 3. The van der Waals surface area contributed by atoms with Crippen molar-refractivity contribution < 1.29 is 15.0 Å². The molecule has 104 valence electrons. The zero-order valence-corrected chi connectivity index (χ0v) is 11.3. The van der Waals surface area contributed by atoms with E-state index in [1.807, 2.05) is 42.5 Å². The van der Waals surface area contributed by atoms with Crippen molar-refractivity contribution in [3.63, 3.8) is 0 Å². The van der Waals surface area contributed by atoms with Crippen LogP contribution in [0.1, 0.15) is 21.5 Å². The average Bonchev–Trinajstić information content (AvgIpc) is 2.49. The number of hydrogen-bond acceptors (Lipinski definition) is 2. The highest BCUT2D eigenvalue weighted by molar-refractivity contribution is 5.88. The number of aromatic hydroxyl groups is 1. The Morgan fingerprint density at radius 1 is 0.905 bits per heavy atom. The van der Waals surface area contributed by atoms with Crippen LogP contribution < -0.4 is 0 Å². The van der Waals surface area contributed by atoms with Crippen molar-refractivity contribution in [3.8, 4) is 5.75 Å². The van der Waals surface area contributed by atoms with E-state index in [2.05, 4.69) is 0 Å². The highest BCUT2D eigenvalue weighted by Crippen LogP contribution is 2.26. The predicted octanol–water partition coefficient (Wildman–Crippen LogP) is 3.83. The second kappa shape index (κ2) is 5.29. The molecule has 3 aromatic rings. The van der Waals surface area contributed by atoms with Crippen molar-refractivity contribution in [2.75, 3.05) is 0 Å². The second-order valence-corrected chi connectivity index (χ2v) is 4.96. The molecular weight excluding hydrogens is 264 g/mol. The Labute approximate surface area is 122 Å². The molecule has 0 fully saturated rings. The third-order valence-electron chi connectivity index (χ3n) is 3.59. The maximum Gasteiger partial charge on any atom is 0.335 e. The van der Waals surface area contributed by atoms with Crippen molar-refractivity contribution in [3.05, 3.63) is 77.4 Å². The minimum Gasteiger partial charge on any atom is -0.508 e. The molecule has 3 aromatic carbocycles. The van der Waals surface area contributed by atoms with Crippen molar-refractivity contribution in [1.29, 1.82) is 0 Å². The molecule has 0 atom stereocenters. The molecule has 0 aromatic heterocycles. The Bertz CT molecular complexity index is 816. The first kappa shape index (κ1) is 13.2. The van der Waals surface area contributed by atoms with Gasteiger partial charge in [-0.25, -0.2) is 4.79 Å². The Hall–Kier alpha value is -2.81. The molecule has 0 amide bonds. The summed E-state index contributed by atoms with van der Waals surface area (Å²) in [5.41, 5.74) is 1.86. The van der Waals surface area contributed by atoms with E-state index in [1.165, 1.54) is 18.2 Å². The van der Waals surface area contributed by atoms with Crippen LogP contribution in [0.15, 0.2) is 60.7 Å². The Morgan fingerprint density at radius 3 is 2.48 bits per heavy atom. The third kappa shape index (κ3) is 2.58. The summed E-state index contributed by atoms with van der Waals surface area (Å²) in [6.45, 7) is 0. The quantitative estimate of drug-likeness (QED) is 0.765. The van der Waals surface area contributed by atoms with Gasteiger partial charge in [-0.1, -0.05) is 42.5 Å². The smallest absolute Gasteiger partial charge is 0.335 e. The summed E-state index contributed by atoms with van der Waals surface area (Å²) in [5, 5.41) is 21.3. The topological polar surface area (TPSA) is 57.5 Å². The molecule has 3 rings (SSSR count). The van der Waals surface area contributed by atoms with Crippen LogP contribution in [0.3, 0.4) is 0 Å². The number of fused-ring (bicyclic) bond motifs is 1. The van der Waals surface area contributed by atoms with Crippen LogP contribution in [0.5, 0.6) is 5.75 Å². The van der Waals surface area contributed by atoms with Gasteiger partial charge in [0.1, 0.15) is 5.75 Å². The number of aromatic carboxylic acids is 1. The molecule has 0 aliphatic rings. The summed E-state index contributed by atoms with van der Waals surface area (Å²) in [7, 11) is 0. The molecule has 0 spiro atoms. The molecule has 0 saturated carbocycles. The minimum absolute atomic E-state index is 0.118. The SMILES string of the molecule is O=C(O)c1ccc(O)c(Cc2cccc3ccccc23)c1. The van der Waals surface area contributed by atoms with Crippen LogP contribution in [0.4, 0.5) is 0 Å².